The third-order valence-corrected chi connectivity index (χ3v) is 3.29. The third-order valence-electron chi connectivity index (χ3n) is 1.93. The molecule has 6 nitrogen and oxygen atoms in total. The topological polar surface area (TPSA) is 115 Å². The van der Waals surface area contributed by atoms with Crippen LogP contribution in [-0.2, 0) is 10.0 Å². The van der Waals surface area contributed by atoms with Crippen molar-refractivity contribution in [2.24, 2.45) is 5.73 Å². The van der Waals surface area contributed by atoms with E-state index in [2.05, 4.69) is 13.8 Å². The van der Waals surface area contributed by atoms with Gasteiger partial charge in [-0.3, -0.25) is 0 Å². The number of nitrogen functional groups attached to an aromatic ring is 1. The van der Waals surface area contributed by atoms with Gasteiger partial charge in [0, 0.05) is 5.69 Å². The van der Waals surface area contributed by atoms with Crippen LogP contribution in [0.1, 0.15) is 26.7 Å². The normalized spacial score (nSPS) is 10.1. The van der Waals surface area contributed by atoms with E-state index in [1.165, 1.54) is 37.1 Å². The van der Waals surface area contributed by atoms with Crippen molar-refractivity contribution in [3.63, 3.8) is 0 Å². The van der Waals surface area contributed by atoms with Crippen LogP contribution in [0.3, 0.4) is 0 Å². The molecule has 18 heavy (non-hydrogen) atoms. The van der Waals surface area contributed by atoms with Gasteiger partial charge in [-0.2, -0.15) is 0 Å². The molecular weight excluding hydrogens is 254 g/mol. The van der Waals surface area contributed by atoms with Gasteiger partial charge in [0.15, 0.2) is 0 Å². The van der Waals surface area contributed by atoms with Crippen molar-refractivity contribution in [2.45, 2.75) is 31.6 Å². The van der Waals surface area contributed by atoms with E-state index in [0.29, 0.717) is 5.69 Å². The quantitative estimate of drug-likeness (QED) is 0.722. The Bertz CT molecular complexity index is 467. The summed E-state index contributed by atoms with van der Waals surface area (Å²) in [4.78, 5) is 10.3. The highest BCUT2D eigenvalue weighted by Gasteiger charge is 2.14. The first-order valence-corrected chi connectivity index (χ1v) is 6.99. The van der Waals surface area contributed by atoms with E-state index in [-0.39, 0.29) is 4.90 Å². The molecule has 5 N–H and O–H groups in total. The number of rotatable bonds is 3. The van der Waals surface area contributed by atoms with Gasteiger partial charge in [-0.1, -0.05) is 26.7 Å². The summed E-state index contributed by atoms with van der Waals surface area (Å²) in [5.74, 6) is 0. The Labute approximate surface area is 107 Å². The van der Waals surface area contributed by atoms with Gasteiger partial charge in [0.1, 0.15) is 0 Å². The molecular formula is C11H19N3O3S. The third kappa shape index (κ3) is 6.09. The predicted octanol–water partition coefficient (Wildman–Crippen LogP) is 1.43. The number of nitrogens with two attached hydrogens (primary N) is 2. The molecule has 1 aromatic carbocycles. The average molecular weight is 273 g/mol. The molecule has 0 heterocycles. The van der Waals surface area contributed by atoms with E-state index >= 15 is 0 Å². The molecule has 0 radical (unpaired) electrons. The van der Waals surface area contributed by atoms with Crippen LogP contribution in [0.25, 0.3) is 0 Å². The predicted molar refractivity (Wildman–Crippen MR) is 71.3 cm³/mol. The molecule has 0 bridgehead atoms. The number of carbonyl (C=O) groups excluding carboxylic acids is 1. The number of primary amides is 1. The lowest BCUT2D eigenvalue weighted by Crippen LogP contribution is -2.34. The largest absolute Gasteiger partial charge is 0.399 e. The molecule has 0 aliphatic heterocycles. The number of amides is 2. The van der Waals surface area contributed by atoms with Crippen LogP contribution >= 0.6 is 0 Å². The Morgan fingerprint density at radius 2 is 1.61 bits per heavy atom. The second kappa shape index (κ2) is 7.54. The lowest BCUT2D eigenvalue weighted by atomic mass is 10.3. The van der Waals surface area contributed by atoms with Crippen LogP contribution in [0.4, 0.5) is 10.5 Å². The molecule has 0 saturated carbocycles. The van der Waals surface area contributed by atoms with Crippen LogP contribution in [0.2, 0.25) is 0 Å². The maximum absolute atomic E-state index is 11.3. The van der Waals surface area contributed by atoms with Crippen LogP contribution in [0.5, 0.6) is 0 Å². The molecule has 0 fully saturated rings. The summed E-state index contributed by atoms with van der Waals surface area (Å²) in [6.07, 6.45) is 2.64. The number of hydrogen-bond acceptors (Lipinski definition) is 4. The number of unbranched alkanes of at least 4 members (excludes halogenated alkanes) is 1. The smallest absolute Gasteiger partial charge is 0.326 e. The van der Waals surface area contributed by atoms with Crippen LogP contribution < -0.4 is 16.2 Å². The Morgan fingerprint density at radius 1 is 1.17 bits per heavy atom. The van der Waals surface area contributed by atoms with E-state index in [4.69, 9.17) is 11.5 Å². The van der Waals surface area contributed by atoms with Crippen molar-refractivity contribution in [3.05, 3.63) is 24.3 Å². The molecule has 1 aromatic rings. The fourth-order valence-electron chi connectivity index (χ4n) is 0.838. The first kappa shape index (κ1) is 16.2. The van der Waals surface area contributed by atoms with Gasteiger partial charge in [-0.15, -0.1) is 0 Å². The summed E-state index contributed by atoms with van der Waals surface area (Å²) in [7, 11) is -3.86. The summed E-state index contributed by atoms with van der Waals surface area (Å²) < 4.78 is 24.2. The summed E-state index contributed by atoms with van der Waals surface area (Å²) in [5, 5.41) is 0. The molecule has 7 heteroatoms. The van der Waals surface area contributed by atoms with Gasteiger partial charge < -0.3 is 11.5 Å². The molecule has 0 saturated heterocycles. The zero-order valence-electron chi connectivity index (χ0n) is 10.5. The molecule has 0 aliphatic rings. The van der Waals surface area contributed by atoms with Gasteiger partial charge in [0.05, 0.1) is 4.90 Å². The minimum atomic E-state index is -3.86. The van der Waals surface area contributed by atoms with Gasteiger partial charge in [0.2, 0.25) is 0 Å². The molecule has 0 atom stereocenters. The molecule has 0 unspecified atom stereocenters. The Hall–Kier alpha value is -1.76. The molecule has 2 amide bonds. The zero-order valence-corrected chi connectivity index (χ0v) is 11.3. The number of hydrogen-bond donors (Lipinski definition) is 3. The number of urea groups is 1. The maximum atomic E-state index is 11.3. The van der Waals surface area contributed by atoms with Gasteiger partial charge in [-0.05, 0) is 24.3 Å². The standard InChI is InChI=1S/C7H9N3O3S.C4H10/c8-5-1-3-6(4-2-5)14(12,13)10-7(9)11;1-3-4-2/h1-4H,8H2,(H3,9,10,11);3-4H2,1-2H3. The number of nitrogens with one attached hydrogen (secondary N) is 1. The second-order valence-corrected chi connectivity index (χ2v) is 5.22. The van der Waals surface area contributed by atoms with Gasteiger partial charge >= 0.3 is 6.03 Å². The highest BCUT2D eigenvalue weighted by Crippen LogP contribution is 2.10. The number of sulfonamides is 1. The molecule has 1 rings (SSSR count). The fraction of sp³-hybridized carbons (Fsp3) is 0.364. The second-order valence-electron chi connectivity index (χ2n) is 3.54. The van der Waals surface area contributed by atoms with Crippen molar-refractivity contribution in [3.8, 4) is 0 Å². The Morgan fingerprint density at radius 3 is 1.94 bits per heavy atom. The van der Waals surface area contributed by atoms with Crippen molar-refractivity contribution < 1.29 is 13.2 Å². The van der Waals surface area contributed by atoms with Gasteiger partial charge in [-0.25, -0.2) is 17.9 Å². The highest BCUT2D eigenvalue weighted by atomic mass is 32.2. The zero-order chi connectivity index (χ0) is 14.2. The van der Waals surface area contributed by atoms with Crippen LogP contribution in [0, 0.1) is 0 Å². The van der Waals surface area contributed by atoms with Crippen molar-refractivity contribution in [2.75, 3.05) is 5.73 Å². The van der Waals surface area contributed by atoms with Crippen molar-refractivity contribution in [1.29, 1.82) is 0 Å². The molecule has 102 valence electrons. The fourth-order valence-corrected chi connectivity index (χ4v) is 1.72. The number of anilines is 1. The van der Waals surface area contributed by atoms with Crippen molar-refractivity contribution >= 4 is 21.7 Å². The minimum absolute atomic E-state index is 0.0644. The maximum Gasteiger partial charge on any atom is 0.326 e. The summed E-state index contributed by atoms with van der Waals surface area (Å²) in [6.45, 7) is 4.36. The van der Waals surface area contributed by atoms with E-state index in [1.807, 2.05) is 0 Å². The molecule has 0 aliphatic carbocycles. The SMILES string of the molecule is CCCC.NC(=O)NS(=O)(=O)c1ccc(N)cc1. The van der Waals surface area contributed by atoms with E-state index in [9.17, 15) is 13.2 Å². The summed E-state index contributed by atoms with van der Waals surface area (Å²) in [6, 6.07) is 4.26. The van der Waals surface area contributed by atoms with Crippen molar-refractivity contribution in [1.82, 2.24) is 4.72 Å². The first-order chi connectivity index (χ1) is 8.33. The average Bonchev–Trinajstić information content (AvgIpc) is 2.28. The highest BCUT2D eigenvalue weighted by molar-refractivity contribution is 7.90. The first-order valence-electron chi connectivity index (χ1n) is 5.51. The Kier molecular flexibility index (Phi) is 6.81. The van der Waals surface area contributed by atoms with E-state index < -0.39 is 16.1 Å². The van der Waals surface area contributed by atoms with Crippen LogP contribution in [-0.4, -0.2) is 14.4 Å². The summed E-state index contributed by atoms with van der Waals surface area (Å²) in [5.41, 5.74) is 10.5. The lowest BCUT2D eigenvalue weighted by molar-refractivity contribution is 0.253. The minimum Gasteiger partial charge on any atom is -0.399 e. The van der Waals surface area contributed by atoms with E-state index in [0.717, 1.165) is 0 Å². The lowest BCUT2D eigenvalue weighted by Gasteiger charge is -2.03. The van der Waals surface area contributed by atoms with E-state index in [1.54, 1.807) is 4.72 Å². The van der Waals surface area contributed by atoms with Crippen LogP contribution in [0.15, 0.2) is 29.2 Å². The molecule has 0 spiro atoms. The number of benzene rings is 1. The monoisotopic (exact) mass is 273 g/mol. The molecule has 0 aromatic heterocycles. The van der Waals surface area contributed by atoms with Gasteiger partial charge in [0.25, 0.3) is 10.0 Å². The Balaban J connectivity index is 0.000000631. The number of carbonyl (C=O) groups is 1. The summed E-state index contributed by atoms with van der Waals surface area (Å²) >= 11 is 0.